The molecule has 1 aromatic heterocycles. The summed E-state index contributed by atoms with van der Waals surface area (Å²) in [4.78, 5) is 20.1. The lowest BCUT2D eigenvalue weighted by atomic mass is 10.0. The van der Waals surface area contributed by atoms with Crippen LogP contribution in [0.2, 0.25) is 0 Å². The van der Waals surface area contributed by atoms with E-state index >= 15 is 0 Å². The van der Waals surface area contributed by atoms with Crippen molar-refractivity contribution in [1.29, 1.82) is 0 Å². The number of nitrogens with one attached hydrogen (secondary N) is 1. The van der Waals surface area contributed by atoms with E-state index in [1.54, 1.807) is 19.2 Å². The number of hydrogen-bond acceptors (Lipinski definition) is 4. The van der Waals surface area contributed by atoms with Crippen molar-refractivity contribution < 1.29 is 9.47 Å². The maximum atomic E-state index is 12.6. The summed E-state index contributed by atoms with van der Waals surface area (Å²) in [7, 11) is 3.09. The van der Waals surface area contributed by atoms with E-state index in [0.717, 1.165) is 16.7 Å². The van der Waals surface area contributed by atoms with E-state index in [-0.39, 0.29) is 5.56 Å². The van der Waals surface area contributed by atoms with Crippen LogP contribution in [0.5, 0.6) is 11.5 Å². The maximum absolute atomic E-state index is 12.6. The van der Waals surface area contributed by atoms with Gasteiger partial charge < -0.3 is 14.5 Å². The van der Waals surface area contributed by atoms with Gasteiger partial charge in [-0.05, 0) is 23.3 Å². The number of fused-ring (bicyclic) bond motifs is 1. The third-order valence-electron chi connectivity index (χ3n) is 4.45. The van der Waals surface area contributed by atoms with Crippen LogP contribution in [-0.4, -0.2) is 24.2 Å². The number of hydrogen-bond donors (Lipinski definition) is 1. The Balaban J connectivity index is 1.86. The van der Waals surface area contributed by atoms with Crippen LogP contribution < -0.4 is 15.0 Å². The number of aromatic amines is 1. The zero-order chi connectivity index (χ0) is 18.8. The van der Waals surface area contributed by atoms with Crippen molar-refractivity contribution >= 4 is 10.9 Å². The monoisotopic (exact) mass is 358 g/mol. The molecule has 5 nitrogen and oxygen atoms in total. The van der Waals surface area contributed by atoms with Crippen molar-refractivity contribution in [3.63, 3.8) is 0 Å². The fraction of sp³-hybridized carbons (Fsp3) is 0.0909. The summed E-state index contributed by atoms with van der Waals surface area (Å²) in [5.41, 5.74) is 3.33. The molecule has 4 rings (SSSR count). The van der Waals surface area contributed by atoms with Gasteiger partial charge in [-0.3, -0.25) is 4.79 Å². The second-order valence-corrected chi connectivity index (χ2v) is 6.09. The van der Waals surface area contributed by atoms with Crippen molar-refractivity contribution in [2.24, 2.45) is 0 Å². The summed E-state index contributed by atoms with van der Waals surface area (Å²) in [5, 5.41) is 0.454. The average molecular weight is 358 g/mol. The fourth-order valence-corrected chi connectivity index (χ4v) is 3.08. The minimum Gasteiger partial charge on any atom is -0.493 e. The van der Waals surface area contributed by atoms with E-state index in [2.05, 4.69) is 9.97 Å². The zero-order valence-electron chi connectivity index (χ0n) is 15.0. The van der Waals surface area contributed by atoms with Crippen LogP contribution in [0, 0.1) is 0 Å². The molecule has 0 spiro atoms. The SMILES string of the molecule is COc1cc2nc(-c3cccc(-c4ccccc4)c3)[nH]c(=O)c2cc1OC. The molecular formula is C22H18N2O3. The van der Waals surface area contributed by atoms with Crippen molar-refractivity contribution in [3.05, 3.63) is 77.1 Å². The van der Waals surface area contributed by atoms with Gasteiger partial charge in [-0.2, -0.15) is 0 Å². The topological polar surface area (TPSA) is 64.2 Å². The van der Waals surface area contributed by atoms with Crippen LogP contribution in [0.3, 0.4) is 0 Å². The number of nitrogens with zero attached hydrogens (tertiary/aromatic N) is 1. The normalized spacial score (nSPS) is 10.7. The highest BCUT2D eigenvalue weighted by Gasteiger charge is 2.12. The van der Waals surface area contributed by atoms with Crippen LogP contribution in [0.25, 0.3) is 33.4 Å². The summed E-state index contributed by atoms with van der Waals surface area (Å²) < 4.78 is 10.6. The molecular weight excluding hydrogens is 340 g/mol. The Hall–Kier alpha value is -3.60. The maximum Gasteiger partial charge on any atom is 0.259 e. The molecule has 0 unspecified atom stereocenters. The lowest BCUT2D eigenvalue weighted by Gasteiger charge is -2.10. The van der Waals surface area contributed by atoms with Gasteiger partial charge in [0.15, 0.2) is 11.5 Å². The van der Waals surface area contributed by atoms with Crippen LogP contribution in [0.15, 0.2) is 71.5 Å². The Labute approximate surface area is 156 Å². The van der Waals surface area contributed by atoms with Crippen LogP contribution >= 0.6 is 0 Å². The highest BCUT2D eigenvalue weighted by atomic mass is 16.5. The first-order valence-corrected chi connectivity index (χ1v) is 8.51. The van der Waals surface area contributed by atoms with Gasteiger partial charge in [-0.1, -0.05) is 48.5 Å². The summed E-state index contributed by atoms with van der Waals surface area (Å²) in [5.74, 6) is 1.54. The summed E-state index contributed by atoms with van der Waals surface area (Å²) in [6.45, 7) is 0. The van der Waals surface area contributed by atoms with Crippen molar-refractivity contribution in [3.8, 4) is 34.0 Å². The highest BCUT2D eigenvalue weighted by molar-refractivity contribution is 5.83. The molecule has 1 heterocycles. The van der Waals surface area contributed by atoms with E-state index in [9.17, 15) is 4.79 Å². The van der Waals surface area contributed by atoms with Gasteiger partial charge in [0.2, 0.25) is 0 Å². The number of rotatable bonds is 4. The van der Waals surface area contributed by atoms with E-state index in [1.807, 2.05) is 54.6 Å². The van der Waals surface area contributed by atoms with Crippen LogP contribution in [0.4, 0.5) is 0 Å². The largest absolute Gasteiger partial charge is 0.493 e. The Morgan fingerprint density at radius 3 is 2.19 bits per heavy atom. The molecule has 0 atom stereocenters. The number of methoxy groups -OCH3 is 2. The molecule has 0 saturated carbocycles. The smallest absolute Gasteiger partial charge is 0.259 e. The molecule has 0 aliphatic carbocycles. The average Bonchev–Trinajstić information content (AvgIpc) is 2.73. The van der Waals surface area contributed by atoms with Gasteiger partial charge in [0, 0.05) is 11.6 Å². The number of benzene rings is 3. The van der Waals surface area contributed by atoms with Crippen molar-refractivity contribution in [1.82, 2.24) is 9.97 Å². The van der Waals surface area contributed by atoms with Crippen LogP contribution in [0.1, 0.15) is 0 Å². The molecule has 5 heteroatoms. The first-order chi connectivity index (χ1) is 13.2. The zero-order valence-corrected chi connectivity index (χ0v) is 15.0. The van der Waals surface area contributed by atoms with Gasteiger partial charge in [-0.15, -0.1) is 0 Å². The third-order valence-corrected chi connectivity index (χ3v) is 4.45. The molecule has 3 aromatic carbocycles. The molecule has 0 radical (unpaired) electrons. The molecule has 0 bridgehead atoms. The Bertz CT molecular complexity index is 1170. The lowest BCUT2D eigenvalue weighted by Crippen LogP contribution is -2.10. The predicted molar refractivity (Wildman–Crippen MR) is 106 cm³/mol. The highest BCUT2D eigenvalue weighted by Crippen LogP contribution is 2.31. The Kier molecular flexibility index (Phi) is 4.34. The third kappa shape index (κ3) is 3.15. The minimum atomic E-state index is -0.221. The molecule has 0 aliphatic heterocycles. The summed E-state index contributed by atoms with van der Waals surface area (Å²) in [6, 6.07) is 21.4. The van der Waals surface area contributed by atoms with Gasteiger partial charge in [0.05, 0.1) is 25.1 Å². The number of aromatic nitrogens is 2. The second-order valence-electron chi connectivity index (χ2n) is 6.09. The van der Waals surface area contributed by atoms with Crippen LogP contribution in [-0.2, 0) is 0 Å². The number of H-pyrrole nitrogens is 1. The molecule has 0 saturated heterocycles. The van der Waals surface area contributed by atoms with E-state index < -0.39 is 0 Å². The molecule has 0 amide bonds. The first kappa shape index (κ1) is 16.8. The van der Waals surface area contributed by atoms with Crippen molar-refractivity contribution in [2.75, 3.05) is 14.2 Å². The molecule has 27 heavy (non-hydrogen) atoms. The second kappa shape index (κ2) is 6.96. The minimum absolute atomic E-state index is 0.221. The molecule has 1 N–H and O–H groups in total. The fourth-order valence-electron chi connectivity index (χ4n) is 3.08. The van der Waals surface area contributed by atoms with Gasteiger partial charge in [-0.25, -0.2) is 4.98 Å². The molecule has 4 aromatic rings. The Morgan fingerprint density at radius 2 is 1.44 bits per heavy atom. The molecule has 0 fully saturated rings. The van der Waals surface area contributed by atoms with E-state index in [1.165, 1.54) is 7.11 Å². The first-order valence-electron chi connectivity index (χ1n) is 8.51. The predicted octanol–water partition coefficient (Wildman–Crippen LogP) is 4.27. The van der Waals surface area contributed by atoms with Crippen molar-refractivity contribution in [2.45, 2.75) is 0 Å². The van der Waals surface area contributed by atoms with E-state index in [0.29, 0.717) is 28.2 Å². The summed E-state index contributed by atoms with van der Waals surface area (Å²) >= 11 is 0. The Morgan fingerprint density at radius 1 is 0.778 bits per heavy atom. The number of ether oxygens (including phenoxy) is 2. The van der Waals surface area contributed by atoms with Gasteiger partial charge >= 0.3 is 0 Å². The van der Waals surface area contributed by atoms with Gasteiger partial charge in [0.25, 0.3) is 5.56 Å². The standard InChI is InChI=1S/C22H18N2O3/c1-26-19-12-17-18(13-20(19)27-2)23-21(24-22(17)25)16-10-6-9-15(11-16)14-7-4-3-5-8-14/h3-13H,1-2H3,(H,23,24,25). The lowest BCUT2D eigenvalue weighted by molar-refractivity contribution is 0.355. The van der Waals surface area contributed by atoms with E-state index in [4.69, 9.17) is 9.47 Å². The summed E-state index contributed by atoms with van der Waals surface area (Å²) in [6.07, 6.45) is 0. The molecule has 134 valence electrons. The molecule has 0 aliphatic rings. The quantitative estimate of drug-likeness (QED) is 0.592. The van der Waals surface area contributed by atoms with Gasteiger partial charge in [0.1, 0.15) is 5.82 Å².